The van der Waals surface area contributed by atoms with Crippen molar-refractivity contribution in [1.82, 2.24) is 5.32 Å². The number of nitrogens with one attached hydrogen (secondary N) is 2. The van der Waals surface area contributed by atoms with Crippen LogP contribution in [-0.4, -0.2) is 19.1 Å². The Hall–Kier alpha value is -1.16. The van der Waals surface area contributed by atoms with E-state index in [2.05, 4.69) is 10.6 Å². The predicted molar refractivity (Wildman–Crippen MR) is 70.1 cm³/mol. The number of piperidine rings is 1. The number of alkyl halides is 2. The van der Waals surface area contributed by atoms with E-state index in [0.29, 0.717) is 6.04 Å². The van der Waals surface area contributed by atoms with Gasteiger partial charge in [-0.05, 0) is 31.5 Å². The second-order valence-corrected chi connectivity index (χ2v) is 4.99. The first-order valence-corrected chi connectivity index (χ1v) is 6.51. The molecule has 1 fully saturated rings. The summed E-state index contributed by atoms with van der Waals surface area (Å²) in [5.41, 5.74) is 0.958. The summed E-state index contributed by atoms with van der Waals surface area (Å²) in [6.07, 6.45) is 3.69. The normalized spacial score (nSPS) is 20.7. The standard InChI is InChI=1S/C14H20F2N2/c1-14(15,16)11-5-7-12(8-6-11)18-10-13-4-2-3-9-17-13/h5-8,13,17-18H,2-4,9-10H2,1H3. The van der Waals surface area contributed by atoms with Crippen molar-refractivity contribution in [3.63, 3.8) is 0 Å². The summed E-state index contributed by atoms with van der Waals surface area (Å²) < 4.78 is 26.1. The van der Waals surface area contributed by atoms with Crippen molar-refractivity contribution in [2.75, 3.05) is 18.4 Å². The highest BCUT2D eigenvalue weighted by Crippen LogP contribution is 2.27. The first-order valence-electron chi connectivity index (χ1n) is 6.51. The van der Waals surface area contributed by atoms with Crippen molar-refractivity contribution < 1.29 is 8.78 Å². The van der Waals surface area contributed by atoms with Gasteiger partial charge in [0.2, 0.25) is 0 Å². The molecule has 1 atom stereocenters. The lowest BCUT2D eigenvalue weighted by molar-refractivity contribution is 0.0175. The number of hydrogen-bond acceptors (Lipinski definition) is 2. The van der Waals surface area contributed by atoms with Gasteiger partial charge in [-0.3, -0.25) is 0 Å². The van der Waals surface area contributed by atoms with Gasteiger partial charge in [0.05, 0.1) is 0 Å². The molecule has 100 valence electrons. The molecule has 2 N–H and O–H groups in total. The van der Waals surface area contributed by atoms with E-state index < -0.39 is 5.92 Å². The highest BCUT2D eigenvalue weighted by atomic mass is 19.3. The van der Waals surface area contributed by atoms with Crippen LogP contribution in [0.1, 0.15) is 31.7 Å². The van der Waals surface area contributed by atoms with Crippen molar-refractivity contribution in [2.24, 2.45) is 0 Å². The molecule has 0 aliphatic carbocycles. The van der Waals surface area contributed by atoms with Crippen LogP contribution in [0.25, 0.3) is 0 Å². The third kappa shape index (κ3) is 3.67. The molecule has 2 rings (SSSR count). The van der Waals surface area contributed by atoms with Crippen LogP contribution in [0.2, 0.25) is 0 Å². The summed E-state index contributed by atoms with van der Waals surface area (Å²) >= 11 is 0. The molecule has 1 aliphatic rings. The van der Waals surface area contributed by atoms with Crippen LogP contribution in [0.4, 0.5) is 14.5 Å². The molecule has 0 aromatic heterocycles. The van der Waals surface area contributed by atoms with Gasteiger partial charge in [0.1, 0.15) is 0 Å². The molecular formula is C14H20F2N2. The fourth-order valence-corrected chi connectivity index (χ4v) is 2.22. The van der Waals surface area contributed by atoms with Crippen molar-refractivity contribution in [2.45, 2.75) is 38.2 Å². The molecule has 0 amide bonds. The smallest absolute Gasteiger partial charge is 0.270 e. The summed E-state index contributed by atoms with van der Waals surface area (Å²) in [6.45, 7) is 2.84. The van der Waals surface area contributed by atoms with E-state index in [4.69, 9.17) is 0 Å². The van der Waals surface area contributed by atoms with E-state index >= 15 is 0 Å². The minimum atomic E-state index is -2.76. The van der Waals surface area contributed by atoms with Gasteiger partial charge in [-0.2, -0.15) is 0 Å². The van der Waals surface area contributed by atoms with Gasteiger partial charge in [0.25, 0.3) is 5.92 Å². The molecule has 1 unspecified atom stereocenters. The largest absolute Gasteiger partial charge is 0.383 e. The molecule has 0 radical (unpaired) electrons. The van der Waals surface area contributed by atoms with E-state index in [1.54, 1.807) is 12.1 Å². The Balaban J connectivity index is 1.86. The summed E-state index contributed by atoms with van der Waals surface area (Å²) in [5.74, 6) is -2.76. The Morgan fingerprint density at radius 3 is 2.56 bits per heavy atom. The van der Waals surface area contributed by atoms with Gasteiger partial charge < -0.3 is 10.6 Å². The van der Waals surface area contributed by atoms with E-state index in [1.807, 2.05) is 0 Å². The van der Waals surface area contributed by atoms with E-state index in [1.165, 1.54) is 31.4 Å². The van der Waals surface area contributed by atoms with Crippen molar-refractivity contribution in [3.8, 4) is 0 Å². The summed E-state index contributed by atoms with van der Waals surface area (Å²) in [5, 5.41) is 6.73. The highest BCUT2D eigenvalue weighted by molar-refractivity contribution is 5.45. The average molecular weight is 254 g/mol. The zero-order valence-corrected chi connectivity index (χ0v) is 10.7. The van der Waals surface area contributed by atoms with Gasteiger partial charge >= 0.3 is 0 Å². The van der Waals surface area contributed by atoms with Gasteiger partial charge in [0.15, 0.2) is 0 Å². The maximum absolute atomic E-state index is 13.0. The van der Waals surface area contributed by atoms with E-state index in [-0.39, 0.29) is 5.56 Å². The van der Waals surface area contributed by atoms with Gasteiger partial charge in [0, 0.05) is 30.8 Å². The lowest BCUT2D eigenvalue weighted by atomic mass is 10.0. The third-order valence-electron chi connectivity index (χ3n) is 3.36. The van der Waals surface area contributed by atoms with E-state index in [9.17, 15) is 8.78 Å². The molecule has 1 aromatic rings. The molecule has 0 saturated carbocycles. The lowest BCUT2D eigenvalue weighted by Gasteiger charge is -2.24. The zero-order valence-electron chi connectivity index (χ0n) is 10.7. The fourth-order valence-electron chi connectivity index (χ4n) is 2.22. The Morgan fingerprint density at radius 1 is 1.28 bits per heavy atom. The Labute approximate surface area is 107 Å². The quantitative estimate of drug-likeness (QED) is 0.861. The van der Waals surface area contributed by atoms with E-state index in [0.717, 1.165) is 25.7 Å². The molecule has 18 heavy (non-hydrogen) atoms. The van der Waals surface area contributed by atoms with Crippen molar-refractivity contribution in [1.29, 1.82) is 0 Å². The monoisotopic (exact) mass is 254 g/mol. The van der Waals surface area contributed by atoms with Crippen LogP contribution in [0, 0.1) is 0 Å². The molecule has 1 aromatic carbocycles. The molecule has 0 spiro atoms. The second kappa shape index (κ2) is 5.65. The Morgan fingerprint density at radius 2 is 2.00 bits per heavy atom. The maximum Gasteiger partial charge on any atom is 0.270 e. The molecule has 0 bridgehead atoms. The fraction of sp³-hybridized carbons (Fsp3) is 0.571. The highest BCUT2D eigenvalue weighted by Gasteiger charge is 2.23. The Kier molecular flexibility index (Phi) is 4.17. The lowest BCUT2D eigenvalue weighted by Crippen LogP contribution is -2.39. The van der Waals surface area contributed by atoms with Crippen LogP contribution in [0.5, 0.6) is 0 Å². The van der Waals surface area contributed by atoms with Crippen molar-refractivity contribution >= 4 is 5.69 Å². The third-order valence-corrected chi connectivity index (χ3v) is 3.36. The van der Waals surface area contributed by atoms with Gasteiger partial charge in [-0.1, -0.05) is 18.6 Å². The average Bonchev–Trinajstić information content (AvgIpc) is 2.37. The number of halogens is 2. The number of hydrogen-bond donors (Lipinski definition) is 2. The maximum atomic E-state index is 13.0. The van der Waals surface area contributed by atoms with Crippen LogP contribution in [0.15, 0.2) is 24.3 Å². The molecule has 1 aliphatic heterocycles. The zero-order chi connectivity index (χ0) is 13.0. The van der Waals surface area contributed by atoms with Crippen LogP contribution in [-0.2, 0) is 5.92 Å². The first-order chi connectivity index (χ1) is 8.55. The molecule has 1 saturated heterocycles. The molecular weight excluding hydrogens is 234 g/mol. The molecule has 4 heteroatoms. The molecule has 2 nitrogen and oxygen atoms in total. The summed E-state index contributed by atoms with van der Waals surface area (Å²) in [7, 11) is 0. The molecule has 1 heterocycles. The topological polar surface area (TPSA) is 24.1 Å². The van der Waals surface area contributed by atoms with Gasteiger partial charge in [-0.15, -0.1) is 0 Å². The second-order valence-electron chi connectivity index (χ2n) is 4.99. The minimum absolute atomic E-state index is 0.0591. The minimum Gasteiger partial charge on any atom is -0.383 e. The van der Waals surface area contributed by atoms with Crippen LogP contribution in [0.3, 0.4) is 0 Å². The summed E-state index contributed by atoms with van der Waals surface area (Å²) in [4.78, 5) is 0. The van der Waals surface area contributed by atoms with Crippen molar-refractivity contribution in [3.05, 3.63) is 29.8 Å². The predicted octanol–water partition coefficient (Wildman–Crippen LogP) is 3.35. The number of rotatable bonds is 4. The SMILES string of the molecule is CC(F)(F)c1ccc(NCC2CCCCN2)cc1. The van der Waals surface area contributed by atoms with Gasteiger partial charge in [-0.25, -0.2) is 8.78 Å². The first kappa shape index (κ1) is 13.3. The number of anilines is 1. The van der Waals surface area contributed by atoms with Crippen LogP contribution < -0.4 is 10.6 Å². The van der Waals surface area contributed by atoms with Crippen LogP contribution >= 0.6 is 0 Å². The number of benzene rings is 1. The Bertz CT molecular complexity index is 364. The summed E-state index contributed by atoms with van der Waals surface area (Å²) in [6, 6.07) is 6.89.